The molecule has 130 valence electrons. The number of anilines is 3. The molecule has 0 radical (unpaired) electrons. The second-order valence-corrected chi connectivity index (χ2v) is 5.77. The summed E-state index contributed by atoms with van der Waals surface area (Å²) in [6, 6.07) is 14.6. The van der Waals surface area contributed by atoms with Crippen molar-refractivity contribution in [2.45, 2.75) is 0 Å². The molecule has 1 N–H and O–H groups in total. The normalized spacial score (nSPS) is 14.5. The maximum absolute atomic E-state index is 14.0. The fourth-order valence-electron chi connectivity index (χ4n) is 2.81. The van der Waals surface area contributed by atoms with Crippen molar-refractivity contribution >= 4 is 17.3 Å². The molecular formula is C18H20FN5O. The molecule has 4 rings (SSSR count). The highest BCUT2D eigenvalue weighted by molar-refractivity contribution is 5.62. The molecule has 1 aromatic heterocycles. The van der Waals surface area contributed by atoms with E-state index in [0.29, 0.717) is 24.8 Å². The lowest BCUT2D eigenvalue weighted by Gasteiger charge is -2.29. The molecule has 0 atom stereocenters. The molecular weight excluding hydrogens is 321 g/mol. The zero-order valence-electron chi connectivity index (χ0n) is 13.6. The molecule has 3 aromatic rings. The predicted molar refractivity (Wildman–Crippen MR) is 96.2 cm³/mol. The van der Waals surface area contributed by atoms with Crippen molar-refractivity contribution in [2.75, 3.05) is 36.5 Å². The molecule has 0 saturated carbocycles. The third kappa shape index (κ3) is 3.61. The number of benzene rings is 2. The summed E-state index contributed by atoms with van der Waals surface area (Å²) >= 11 is 0. The summed E-state index contributed by atoms with van der Waals surface area (Å²) in [5.41, 5.74) is 2.36. The Morgan fingerprint density at radius 3 is 2.64 bits per heavy atom. The monoisotopic (exact) mass is 341 g/mol. The van der Waals surface area contributed by atoms with Crippen LogP contribution in [0.4, 0.5) is 21.7 Å². The summed E-state index contributed by atoms with van der Waals surface area (Å²) < 4.78 is 21.0. The van der Waals surface area contributed by atoms with Crippen molar-refractivity contribution in [3.63, 3.8) is 0 Å². The van der Waals surface area contributed by atoms with Gasteiger partial charge in [-0.2, -0.15) is 4.98 Å². The zero-order valence-corrected chi connectivity index (χ0v) is 13.6. The minimum Gasteiger partial charge on any atom is -0.378 e. The largest absolute Gasteiger partial charge is 0.378 e. The highest BCUT2D eigenvalue weighted by atomic mass is 19.1. The van der Waals surface area contributed by atoms with Crippen LogP contribution in [0.15, 0.2) is 54.9 Å². The quantitative estimate of drug-likeness (QED) is 0.789. The van der Waals surface area contributed by atoms with Crippen molar-refractivity contribution in [3.05, 3.63) is 60.7 Å². The number of morpholine rings is 1. The molecule has 1 fully saturated rings. The van der Waals surface area contributed by atoms with Crippen LogP contribution >= 0.6 is 0 Å². The lowest BCUT2D eigenvalue weighted by molar-refractivity contribution is 0.122. The Labute approximate surface area is 146 Å². The number of halogens is 1. The summed E-state index contributed by atoms with van der Waals surface area (Å²) in [7, 11) is 0. The highest BCUT2D eigenvalue weighted by Crippen LogP contribution is 2.24. The Morgan fingerprint density at radius 2 is 1.84 bits per heavy atom. The first-order chi connectivity index (χ1) is 12.3. The van der Waals surface area contributed by atoms with Gasteiger partial charge in [-0.25, -0.2) is 9.07 Å². The van der Waals surface area contributed by atoms with E-state index in [9.17, 15) is 4.39 Å². The maximum Gasteiger partial charge on any atom is 0.246 e. The maximum atomic E-state index is 14.0. The van der Waals surface area contributed by atoms with Gasteiger partial charge in [0.05, 0.1) is 18.9 Å². The Morgan fingerprint density at radius 1 is 1.04 bits per heavy atom. The molecule has 0 spiro atoms. The summed E-state index contributed by atoms with van der Waals surface area (Å²) in [6.07, 6.45) is 1.62. The predicted octanol–water partition coefficient (Wildman–Crippen LogP) is 3.23. The first-order valence-corrected chi connectivity index (χ1v) is 8.15. The van der Waals surface area contributed by atoms with Crippen LogP contribution in [0.3, 0.4) is 0 Å². The number of aromatic nitrogens is 3. The second kappa shape index (κ2) is 6.90. The van der Waals surface area contributed by atoms with E-state index < -0.39 is 0 Å². The Hall–Kier alpha value is -2.93. The number of rotatable bonds is 4. The molecule has 6 nitrogen and oxygen atoms in total. The molecule has 1 aliphatic heterocycles. The van der Waals surface area contributed by atoms with E-state index in [0.717, 1.165) is 24.5 Å². The SMILES string of the molecule is Fc1cc(Nc2ncn(-c3ccccc3)n2)cc(N2CCOCC2)c1.[HH]. The fourth-order valence-corrected chi connectivity index (χ4v) is 2.81. The van der Waals surface area contributed by atoms with Gasteiger partial charge < -0.3 is 15.0 Å². The Kier molecular flexibility index (Phi) is 4.30. The topological polar surface area (TPSA) is 55.2 Å². The molecule has 1 saturated heterocycles. The molecule has 0 amide bonds. The van der Waals surface area contributed by atoms with Crippen LogP contribution in [0.2, 0.25) is 0 Å². The van der Waals surface area contributed by atoms with Gasteiger partial charge in [-0.15, -0.1) is 5.10 Å². The van der Waals surface area contributed by atoms with Gasteiger partial charge >= 0.3 is 0 Å². The molecule has 25 heavy (non-hydrogen) atoms. The van der Waals surface area contributed by atoms with E-state index in [1.807, 2.05) is 36.4 Å². The van der Waals surface area contributed by atoms with E-state index in [1.165, 1.54) is 12.1 Å². The van der Waals surface area contributed by atoms with Gasteiger partial charge in [-0.05, 0) is 30.3 Å². The lowest BCUT2D eigenvalue weighted by atomic mass is 10.2. The first kappa shape index (κ1) is 15.6. The smallest absolute Gasteiger partial charge is 0.246 e. The van der Waals surface area contributed by atoms with Gasteiger partial charge in [0.25, 0.3) is 0 Å². The number of para-hydroxylation sites is 1. The van der Waals surface area contributed by atoms with Crippen LogP contribution in [-0.4, -0.2) is 41.1 Å². The van der Waals surface area contributed by atoms with Gasteiger partial charge in [0.1, 0.15) is 12.1 Å². The third-order valence-electron chi connectivity index (χ3n) is 4.03. The average molecular weight is 341 g/mol. The summed E-state index contributed by atoms with van der Waals surface area (Å²) in [5, 5.41) is 7.46. The standard InChI is InChI=1S/C18H18FN5O.H2/c19-14-10-15(12-17(11-14)23-6-8-25-9-7-23)21-18-20-13-24(22-18)16-4-2-1-3-5-16;/h1-5,10-13H,6-9H2,(H,21,22);1H. The average Bonchev–Trinajstić information content (AvgIpc) is 3.11. The number of nitrogens with one attached hydrogen (secondary N) is 1. The minimum atomic E-state index is -0.297. The van der Waals surface area contributed by atoms with Crippen LogP contribution in [0.1, 0.15) is 1.43 Å². The van der Waals surface area contributed by atoms with Gasteiger partial charge in [0.2, 0.25) is 5.95 Å². The second-order valence-electron chi connectivity index (χ2n) is 5.77. The molecule has 0 aliphatic carbocycles. The molecule has 2 heterocycles. The molecule has 1 aliphatic rings. The summed E-state index contributed by atoms with van der Waals surface area (Å²) in [6.45, 7) is 2.82. The molecule has 0 bridgehead atoms. The zero-order chi connectivity index (χ0) is 17.1. The number of hydrogen-bond acceptors (Lipinski definition) is 5. The Bertz CT molecular complexity index is 852. The number of ether oxygens (including phenoxy) is 1. The summed E-state index contributed by atoms with van der Waals surface area (Å²) in [5.74, 6) is 0.122. The van der Waals surface area contributed by atoms with Crippen molar-refractivity contribution in [2.24, 2.45) is 0 Å². The fraction of sp³-hybridized carbons (Fsp3) is 0.222. The van der Waals surface area contributed by atoms with E-state index >= 15 is 0 Å². The van der Waals surface area contributed by atoms with Crippen molar-refractivity contribution in [1.29, 1.82) is 0 Å². The van der Waals surface area contributed by atoms with Gasteiger partial charge in [-0.3, -0.25) is 0 Å². The molecule has 2 aromatic carbocycles. The van der Waals surface area contributed by atoms with Crippen LogP contribution in [0.5, 0.6) is 0 Å². The van der Waals surface area contributed by atoms with Crippen molar-refractivity contribution < 1.29 is 10.6 Å². The van der Waals surface area contributed by atoms with E-state index in [2.05, 4.69) is 20.3 Å². The molecule has 7 heteroatoms. The van der Waals surface area contributed by atoms with E-state index in [4.69, 9.17) is 4.74 Å². The number of hydrogen-bond donors (Lipinski definition) is 1. The van der Waals surface area contributed by atoms with Crippen LogP contribution in [-0.2, 0) is 4.74 Å². The Balaban J connectivity index is 0.00000196. The third-order valence-corrected chi connectivity index (χ3v) is 4.03. The van der Waals surface area contributed by atoms with Gasteiger partial charge in [0, 0.05) is 25.9 Å². The highest BCUT2D eigenvalue weighted by Gasteiger charge is 2.13. The first-order valence-electron chi connectivity index (χ1n) is 8.15. The van der Waals surface area contributed by atoms with Crippen LogP contribution in [0.25, 0.3) is 5.69 Å². The van der Waals surface area contributed by atoms with Crippen molar-refractivity contribution in [3.8, 4) is 5.69 Å². The van der Waals surface area contributed by atoms with Crippen LogP contribution < -0.4 is 10.2 Å². The molecule has 0 unspecified atom stereocenters. The van der Waals surface area contributed by atoms with E-state index in [-0.39, 0.29) is 7.24 Å². The van der Waals surface area contributed by atoms with Gasteiger partial charge in [-0.1, -0.05) is 18.2 Å². The van der Waals surface area contributed by atoms with Gasteiger partial charge in [0.15, 0.2) is 0 Å². The minimum absolute atomic E-state index is 0. The van der Waals surface area contributed by atoms with Crippen molar-refractivity contribution in [1.82, 2.24) is 14.8 Å². The van der Waals surface area contributed by atoms with Crippen LogP contribution in [0, 0.1) is 5.82 Å². The number of nitrogens with zero attached hydrogens (tertiary/aromatic N) is 4. The van der Waals surface area contributed by atoms with E-state index in [1.54, 1.807) is 11.0 Å². The summed E-state index contributed by atoms with van der Waals surface area (Å²) in [4.78, 5) is 6.35. The lowest BCUT2D eigenvalue weighted by Crippen LogP contribution is -2.36.